The molecule has 5 nitrogen and oxygen atoms in total. The summed E-state index contributed by atoms with van der Waals surface area (Å²) in [4.78, 5) is 22.9. The maximum absolute atomic E-state index is 11.7. The van der Waals surface area contributed by atoms with Crippen LogP contribution < -0.4 is 10.6 Å². The van der Waals surface area contributed by atoms with Gasteiger partial charge in [0.25, 0.3) is 0 Å². The molecule has 1 aromatic rings. The van der Waals surface area contributed by atoms with Gasteiger partial charge in [0.15, 0.2) is 0 Å². The number of hydrogen-bond donors (Lipinski definition) is 2. The van der Waals surface area contributed by atoms with Crippen molar-refractivity contribution < 1.29 is 14.3 Å². The molecule has 132 valence electrons. The minimum absolute atomic E-state index is 0.0228. The Morgan fingerprint density at radius 1 is 1.12 bits per heavy atom. The summed E-state index contributed by atoms with van der Waals surface area (Å²) in [7, 11) is 0. The molecule has 24 heavy (non-hydrogen) atoms. The lowest BCUT2D eigenvalue weighted by molar-refractivity contribution is -0.119. The van der Waals surface area contributed by atoms with Gasteiger partial charge in [-0.15, -0.1) is 11.6 Å². The largest absolute Gasteiger partial charge is 0.445 e. The monoisotopic (exact) mass is 352 g/mol. The maximum Gasteiger partial charge on any atom is 0.407 e. The van der Waals surface area contributed by atoms with E-state index in [9.17, 15) is 9.59 Å². The first kappa shape index (κ1) is 18.6. The van der Waals surface area contributed by atoms with E-state index in [0.29, 0.717) is 12.5 Å². The average molecular weight is 353 g/mol. The predicted octanol–water partition coefficient (Wildman–Crippen LogP) is 3.22. The van der Waals surface area contributed by atoms with Crippen molar-refractivity contribution in [2.24, 2.45) is 5.92 Å². The second-order valence-electron chi connectivity index (χ2n) is 6.20. The van der Waals surface area contributed by atoms with Crippen molar-refractivity contribution in [2.45, 2.75) is 44.8 Å². The summed E-state index contributed by atoms with van der Waals surface area (Å²) in [6.45, 7) is 0.912. The Kier molecular flexibility index (Phi) is 7.89. The third-order valence-corrected chi connectivity index (χ3v) is 4.61. The molecule has 1 fully saturated rings. The summed E-state index contributed by atoms with van der Waals surface area (Å²) in [6, 6.07) is 9.87. The van der Waals surface area contributed by atoms with Crippen molar-refractivity contribution in [2.75, 3.05) is 12.4 Å². The highest BCUT2D eigenvalue weighted by Crippen LogP contribution is 2.26. The fourth-order valence-corrected chi connectivity index (χ4v) is 3.09. The lowest BCUT2D eigenvalue weighted by Gasteiger charge is -2.29. The molecule has 0 spiro atoms. The molecular weight excluding hydrogens is 328 g/mol. The van der Waals surface area contributed by atoms with Crippen LogP contribution in [0, 0.1) is 5.92 Å². The summed E-state index contributed by atoms with van der Waals surface area (Å²) in [5, 5.41) is 5.74. The van der Waals surface area contributed by atoms with Crippen LogP contribution in [0.3, 0.4) is 0 Å². The van der Waals surface area contributed by atoms with Gasteiger partial charge in [-0.1, -0.05) is 30.3 Å². The number of hydrogen-bond acceptors (Lipinski definition) is 3. The molecule has 1 aromatic carbocycles. The third-order valence-electron chi connectivity index (χ3n) is 4.37. The summed E-state index contributed by atoms with van der Waals surface area (Å²) >= 11 is 5.50. The van der Waals surface area contributed by atoms with E-state index in [1.807, 2.05) is 30.3 Å². The fraction of sp³-hybridized carbons (Fsp3) is 0.556. The number of nitrogens with one attached hydrogen (secondary N) is 2. The molecule has 0 atom stereocenters. The number of alkyl halides is 1. The topological polar surface area (TPSA) is 67.4 Å². The van der Waals surface area contributed by atoms with E-state index < -0.39 is 0 Å². The number of ether oxygens (including phenoxy) is 1. The summed E-state index contributed by atoms with van der Waals surface area (Å²) < 4.78 is 5.18. The van der Waals surface area contributed by atoms with Crippen LogP contribution in [0.4, 0.5) is 4.79 Å². The molecule has 2 rings (SSSR count). The highest BCUT2D eigenvalue weighted by Gasteiger charge is 2.22. The number of halogens is 1. The average Bonchev–Trinajstić information content (AvgIpc) is 2.62. The lowest BCUT2D eigenvalue weighted by atomic mass is 9.84. The van der Waals surface area contributed by atoms with Gasteiger partial charge in [0, 0.05) is 12.6 Å². The molecule has 0 aliphatic heterocycles. The molecule has 2 N–H and O–H groups in total. The number of alkyl carbamates (subject to hydrolysis) is 1. The van der Waals surface area contributed by atoms with Gasteiger partial charge < -0.3 is 15.4 Å². The molecule has 1 aliphatic rings. The van der Waals surface area contributed by atoms with Crippen LogP contribution in [0.2, 0.25) is 0 Å². The Hall–Kier alpha value is -1.75. The minimum Gasteiger partial charge on any atom is -0.445 e. The zero-order chi connectivity index (χ0) is 17.2. The smallest absolute Gasteiger partial charge is 0.407 e. The molecule has 0 bridgehead atoms. The van der Waals surface area contributed by atoms with Crippen molar-refractivity contribution >= 4 is 23.6 Å². The Morgan fingerprint density at radius 3 is 2.50 bits per heavy atom. The molecule has 2 amide bonds. The van der Waals surface area contributed by atoms with Crippen LogP contribution in [0.25, 0.3) is 0 Å². The highest BCUT2D eigenvalue weighted by atomic mass is 35.5. The van der Waals surface area contributed by atoms with Gasteiger partial charge in [0.1, 0.15) is 12.5 Å². The van der Waals surface area contributed by atoms with Crippen LogP contribution in [-0.4, -0.2) is 30.5 Å². The Labute approximate surface area is 148 Å². The lowest BCUT2D eigenvalue weighted by Crippen LogP contribution is -2.38. The number of amides is 2. The van der Waals surface area contributed by atoms with Crippen molar-refractivity contribution in [1.82, 2.24) is 10.6 Å². The van der Waals surface area contributed by atoms with E-state index in [0.717, 1.165) is 37.7 Å². The molecular formula is C18H25ClN2O3. The van der Waals surface area contributed by atoms with Crippen LogP contribution in [0.15, 0.2) is 30.3 Å². The molecule has 6 heteroatoms. The number of rotatable bonds is 7. The quantitative estimate of drug-likeness (QED) is 0.740. The Morgan fingerprint density at radius 2 is 1.83 bits per heavy atom. The third kappa shape index (κ3) is 6.79. The SMILES string of the molecule is O=C(CCl)NC1CCC(CCNC(=O)OCc2ccccc2)CC1. The molecule has 0 heterocycles. The van der Waals surface area contributed by atoms with E-state index in [4.69, 9.17) is 16.3 Å². The zero-order valence-electron chi connectivity index (χ0n) is 13.8. The van der Waals surface area contributed by atoms with E-state index in [1.165, 1.54) is 0 Å². The van der Waals surface area contributed by atoms with Gasteiger partial charge in [-0.05, 0) is 43.6 Å². The summed E-state index contributed by atoms with van der Waals surface area (Å²) in [6.07, 6.45) is 4.65. The minimum atomic E-state index is -0.373. The van der Waals surface area contributed by atoms with Crippen LogP contribution >= 0.6 is 11.6 Å². The second kappa shape index (κ2) is 10.2. The zero-order valence-corrected chi connectivity index (χ0v) is 14.6. The first-order valence-electron chi connectivity index (χ1n) is 8.47. The Bertz CT molecular complexity index is 516. The van der Waals surface area contributed by atoms with Crippen molar-refractivity contribution in [3.8, 4) is 0 Å². The molecule has 0 saturated heterocycles. The van der Waals surface area contributed by atoms with E-state index in [1.54, 1.807) is 0 Å². The van der Waals surface area contributed by atoms with Crippen molar-refractivity contribution in [3.63, 3.8) is 0 Å². The van der Waals surface area contributed by atoms with Gasteiger partial charge >= 0.3 is 6.09 Å². The van der Waals surface area contributed by atoms with Gasteiger partial charge in [-0.3, -0.25) is 4.79 Å². The number of benzene rings is 1. The first-order valence-corrected chi connectivity index (χ1v) is 9.00. The maximum atomic E-state index is 11.7. The molecule has 1 saturated carbocycles. The summed E-state index contributed by atoms with van der Waals surface area (Å²) in [5.41, 5.74) is 0.977. The summed E-state index contributed by atoms with van der Waals surface area (Å²) in [5.74, 6) is 0.515. The predicted molar refractivity (Wildman–Crippen MR) is 93.9 cm³/mol. The molecule has 0 unspecified atom stereocenters. The van der Waals surface area contributed by atoms with Gasteiger partial charge in [-0.25, -0.2) is 4.79 Å². The van der Waals surface area contributed by atoms with Gasteiger partial charge in [0.05, 0.1) is 0 Å². The first-order chi connectivity index (χ1) is 11.7. The van der Waals surface area contributed by atoms with E-state index in [2.05, 4.69) is 10.6 Å². The van der Waals surface area contributed by atoms with Crippen LogP contribution in [-0.2, 0) is 16.1 Å². The number of carbonyl (C=O) groups excluding carboxylic acids is 2. The highest BCUT2D eigenvalue weighted by molar-refractivity contribution is 6.27. The normalized spacial score (nSPS) is 20.2. The van der Waals surface area contributed by atoms with Gasteiger partial charge in [-0.2, -0.15) is 0 Å². The van der Waals surface area contributed by atoms with E-state index >= 15 is 0 Å². The second-order valence-corrected chi connectivity index (χ2v) is 6.46. The standard InChI is InChI=1S/C18H25ClN2O3/c19-12-17(22)21-16-8-6-14(7-9-16)10-11-20-18(23)24-13-15-4-2-1-3-5-15/h1-5,14,16H,6-13H2,(H,20,23)(H,21,22). The van der Waals surface area contributed by atoms with Crippen molar-refractivity contribution in [3.05, 3.63) is 35.9 Å². The fourth-order valence-electron chi connectivity index (χ4n) is 3.01. The molecule has 0 radical (unpaired) electrons. The number of carbonyl (C=O) groups is 2. The van der Waals surface area contributed by atoms with E-state index in [-0.39, 0.29) is 30.5 Å². The van der Waals surface area contributed by atoms with Gasteiger partial charge in [0.2, 0.25) is 5.91 Å². The molecule has 0 aromatic heterocycles. The van der Waals surface area contributed by atoms with Crippen LogP contribution in [0.1, 0.15) is 37.7 Å². The Balaban J connectivity index is 1.54. The van der Waals surface area contributed by atoms with Crippen molar-refractivity contribution in [1.29, 1.82) is 0 Å². The van der Waals surface area contributed by atoms with Crippen LogP contribution in [0.5, 0.6) is 0 Å². The molecule has 1 aliphatic carbocycles.